The monoisotopic (exact) mass is 238 g/mol. The Morgan fingerprint density at radius 2 is 1.88 bits per heavy atom. The first-order valence-corrected chi connectivity index (χ1v) is 6.17. The first-order valence-electron chi connectivity index (χ1n) is 6.17. The molecule has 94 valence electrons. The quantitative estimate of drug-likeness (QED) is 0.633. The van der Waals surface area contributed by atoms with Gasteiger partial charge < -0.3 is 5.73 Å². The van der Waals surface area contributed by atoms with Gasteiger partial charge in [0.05, 0.1) is 11.0 Å². The summed E-state index contributed by atoms with van der Waals surface area (Å²) in [6, 6.07) is 0.226. The number of nitrogens with zero attached hydrogens (tertiary/aromatic N) is 3. The molecule has 0 amide bonds. The largest absolute Gasteiger partial charge is 0.378 e. The number of rotatable bonds is 2. The van der Waals surface area contributed by atoms with E-state index in [4.69, 9.17) is 5.73 Å². The van der Waals surface area contributed by atoms with Gasteiger partial charge in [0.25, 0.3) is 0 Å². The van der Waals surface area contributed by atoms with Crippen molar-refractivity contribution in [2.75, 3.05) is 5.73 Å². The Hall–Kier alpha value is -1.59. The fourth-order valence-corrected chi connectivity index (χ4v) is 2.47. The van der Waals surface area contributed by atoms with Crippen LogP contribution in [-0.4, -0.2) is 14.7 Å². The zero-order chi connectivity index (χ0) is 12.3. The highest BCUT2D eigenvalue weighted by molar-refractivity contribution is 5.51. The van der Waals surface area contributed by atoms with Gasteiger partial charge in [0, 0.05) is 0 Å². The number of nitrogen functional groups attached to an aromatic ring is 1. The Bertz CT molecular complexity index is 394. The van der Waals surface area contributed by atoms with E-state index in [1.807, 2.05) is 0 Å². The highest BCUT2D eigenvalue weighted by Crippen LogP contribution is 2.31. The molecule has 1 aromatic heterocycles. The normalized spacial score (nSPS) is 18.6. The van der Waals surface area contributed by atoms with Crippen LogP contribution < -0.4 is 5.73 Å². The van der Waals surface area contributed by atoms with Gasteiger partial charge in [-0.3, -0.25) is 10.1 Å². The van der Waals surface area contributed by atoms with Crippen molar-refractivity contribution in [1.29, 1.82) is 0 Å². The van der Waals surface area contributed by atoms with Crippen LogP contribution in [0.4, 0.5) is 11.5 Å². The smallest absolute Gasteiger partial charge is 0.330 e. The molecule has 2 rings (SSSR count). The molecule has 0 saturated heterocycles. The highest BCUT2D eigenvalue weighted by atomic mass is 16.6. The first kappa shape index (κ1) is 11.9. The Labute approximate surface area is 99.9 Å². The summed E-state index contributed by atoms with van der Waals surface area (Å²) in [7, 11) is 0. The second kappa shape index (κ2) is 5.16. The van der Waals surface area contributed by atoms with Crippen LogP contribution in [-0.2, 0) is 0 Å². The van der Waals surface area contributed by atoms with E-state index in [0.717, 1.165) is 25.7 Å². The summed E-state index contributed by atoms with van der Waals surface area (Å²) in [6.45, 7) is 0. The van der Waals surface area contributed by atoms with Gasteiger partial charge in [-0.15, -0.1) is 0 Å². The second-order valence-corrected chi connectivity index (χ2v) is 4.62. The van der Waals surface area contributed by atoms with Crippen LogP contribution in [0.25, 0.3) is 0 Å². The molecule has 6 nitrogen and oxygen atoms in total. The van der Waals surface area contributed by atoms with Crippen molar-refractivity contribution in [3.63, 3.8) is 0 Å². The van der Waals surface area contributed by atoms with E-state index >= 15 is 0 Å². The fraction of sp³-hybridized carbons (Fsp3) is 0.727. The van der Waals surface area contributed by atoms with E-state index in [1.54, 1.807) is 4.68 Å². The standard InChI is InChI=1S/C11H18N4O2/c12-11-10(15(16)17)8-13-14(11)9-6-4-2-1-3-5-7-9/h8-9H,1-7,12H2. The number of hydrogen-bond donors (Lipinski definition) is 1. The maximum absolute atomic E-state index is 10.7. The predicted octanol–water partition coefficient (Wildman–Crippen LogP) is 2.66. The van der Waals surface area contributed by atoms with Crippen molar-refractivity contribution in [1.82, 2.24) is 9.78 Å². The molecular weight excluding hydrogens is 220 g/mol. The average molecular weight is 238 g/mol. The third kappa shape index (κ3) is 2.57. The molecule has 0 aliphatic heterocycles. The van der Waals surface area contributed by atoms with Crippen LogP contribution in [0.3, 0.4) is 0 Å². The van der Waals surface area contributed by atoms with Gasteiger partial charge in [-0.25, -0.2) is 4.68 Å². The lowest BCUT2D eigenvalue weighted by Crippen LogP contribution is -2.15. The van der Waals surface area contributed by atoms with Gasteiger partial charge in [0.2, 0.25) is 5.82 Å². The van der Waals surface area contributed by atoms with Crippen molar-refractivity contribution < 1.29 is 4.92 Å². The summed E-state index contributed by atoms with van der Waals surface area (Å²) in [5, 5.41) is 14.8. The maximum Gasteiger partial charge on any atom is 0.330 e. The summed E-state index contributed by atoms with van der Waals surface area (Å²) in [6.07, 6.45) is 9.36. The molecular formula is C11H18N4O2. The lowest BCUT2D eigenvalue weighted by atomic mass is 9.97. The van der Waals surface area contributed by atoms with Crippen LogP contribution in [0.15, 0.2) is 6.20 Å². The second-order valence-electron chi connectivity index (χ2n) is 4.62. The molecule has 0 spiro atoms. The molecule has 1 aromatic rings. The molecule has 1 aliphatic carbocycles. The Balaban J connectivity index is 2.17. The van der Waals surface area contributed by atoms with Crippen LogP contribution in [0, 0.1) is 10.1 Å². The molecule has 1 heterocycles. The molecule has 0 atom stereocenters. The summed E-state index contributed by atoms with van der Waals surface area (Å²) < 4.78 is 1.64. The number of anilines is 1. The zero-order valence-corrected chi connectivity index (χ0v) is 9.84. The molecule has 0 unspecified atom stereocenters. The van der Waals surface area contributed by atoms with Crippen molar-refractivity contribution in [2.45, 2.75) is 51.0 Å². The lowest BCUT2D eigenvalue weighted by Gasteiger charge is -2.20. The molecule has 6 heteroatoms. The summed E-state index contributed by atoms with van der Waals surface area (Å²) in [5.41, 5.74) is 5.71. The number of aromatic nitrogens is 2. The molecule has 1 aliphatic rings. The zero-order valence-electron chi connectivity index (χ0n) is 9.84. The van der Waals surface area contributed by atoms with Gasteiger partial charge in [0.1, 0.15) is 6.20 Å². The molecule has 1 fully saturated rings. The average Bonchev–Trinajstić information content (AvgIpc) is 2.60. The van der Waals surface area contributed by atoms with E-state index in [2.05, 4.69) is 5.10 Å². The van der Waals surface area contributed by atoms with Gasteiger partial charge >= 0.3 is 5.69 Å². The predicted molar refractivity (Wildman–Crippen MR) is 64.6 cm³/mol. The first-order chi connectivity index (χ1) is 8.20. The minimum absolute atomic E-state index is 0.0768. The van der Waals surface area contributed by atoms with Crippen LogP contribution in [0.2, 0.25) is 0 Å². The number of nitro groups is 1. The third-order valence-corrected chi connectivity index (χ3v) is 3.43. The molecule has 17 heavy (non-hydrogen) atoms. The molecule has 2 N–H and O–H groups in total. The van der Waals surface area contributed by atoms with Crippen LogP contribution in [0.5, 0.6) is 0 Å². The van der Waals surface area contributed by atoms with Gasteiger partial charge in [-0.2, -0.15) is 5.10 Å². The topological polar surface area (TPSA) is 87.0 Å². The number of nitrogens with two attached hydrogens (primary N) is 1. The summed E-state index contributed by atoms with van der Waals surface area (Å²) in [5.74, 6) is 0.195. The molecule has 0 radical (unpaired) electrons. The summed E-state index contributed by atoms with van der Waals surface area (Å²) in [4.78, 5) is 10.2. The van der Waals surface area contributed by atoms with Crippen molar-refractivity contribution in [3.8, 4) is 0 Å². The third-order valence-electron chi connectivity index (χ3n) is 3.43. The van der Waals surface area contributed by atoms with Gasteiger partial charge in [-0.05, 0) is 12.8 Å². The minimum Gasteiger partial charge on any atom is -0.378 e. The fourth-order valence-electron chi connectivity index (χ4n) is 2.47. The van der Waals surface area contributed by atoms with Crippen LogP contribution in [0.1, 0.15) is 51.0 Å². The van der Waals surface area contributed by atoms with E-state index in [0.29, 0.717) is 0 Å². The van der Waals surface area contributed by atoms with E-state index in [-0.39, 0.29) is 17.5 Å². The van der Waals surface area contributed by atoms with E-state index in [9.17, 15) is 10.1 Å². The summed E-state index contributed by atoms with van der Waals surface area (Å²) >= 11 is 0. The lowest BCUT2D eigenvalue weighted by molar-refractivity contribution is -0.384. The Kier molecular flexibility index (Phi) is 3.61. The molecule has 1 saturated carbocycles. The van der Waals surface area contributed by atoms with Crippen molar-refractivity contribution in [3.05, 3.63) is 16.3 Å². The Morgan fingerprint density at radius 3 is 2.41 bits per heavy atom. The van der Waals surface area contributed by atoms with E-state index < -0.39 is 4.92 Å². The molecule has 0 bridgehead atoms. The van der Waals surface area contributed by atoms with Crippen molar-refractivity contribution in [2.24, 2.45) is 0 Å². The minimum atomic E-state index is -0.470. The SMILES string of the molecule is Nc1c([N+](=O)[O-])cnn1C1CCCCCCC1. The number of hydrogen-bond acceptors (Lipinski definition) is 4. The Morgan fingerprint density at radius 1 is 1.29 bits per heavy atom. The van der Waals surface area contributed by atoms with Crippen LogP contribution >= 0.6 is 0 Å². The molecule has 0 aromatic carbocycles. The highest BCUT2D eigenvalue weighted by Gasteiger charge is 2.23. The van der Waals surface area contributed by atoms with Gasteiger partial charge in [0.15, 0.2) is 0 Å². The van der Waals surface area contributed by atoms with Crippen molar-refractivity contribution >= 4 is 11.5 Å². The van der Waals surface area contributed by atoms with E-state index in [1.165, 1.54) is 25.5 Å². The van der Waals surface area contributed by atoms with Gasteiger partial charge in [-0.1, -0.05) is 32.1 Å². The maximum atomic E-state index is 10.7.